The molecule has 0 spiro atoms. The van der Waals surface area contributed by atoms with E-state index < -0.39 is 9.05 Å². The molecule has 0 aliphatic carbocycles. The Balaban J connectivity index is -0.0000000800. The van der Waals surface area contributed by atoms with E-state index >= 15 is 0 Å². The van der Waals surface area contributed by atoms with Gasteiger partial charge < -0.3 is 28.2 Å². The molecule has 0 aromatic heterocycles. The summed E-state index contributed by atoms with van der Waals surface area (Å²) in [6, 6.07) is 0. The summed E-state index contributed by atoms with van der Waals surface area (Å²) in [5.41, 5.74) is 0. The van der Waals surface area contributed by atoms with E-state index in [0.717, 1.165) is 0 Å². The third kappa shape index (κ3) is 94.8. The number of hydrogen-bond donors (Lipinski definition) is 0. The second-order valence-corrected chi connectivity index (χ2v) is 1.50. The fourth-order valence-corrected chi connectivity index (χ4v) is 0. The minimum absolute atomic E-state index is 0. The average Bonchev–Trinajstić information content (AvgIpc) is 0.722. The summed E-state index contributed by atoms with van der Waals surface area (Å²) in [5.74, 6) is 0. The third-order valence-corrected chi connectivity index (χ3v) is 0. The maximum atomic E-state index is 8.58. The van der Waals surface area contributed by atoms with E-state index in [1.807, 2.05) is 0 Å². The van der Waals surface area contributed by atoms with Crippen LogP contribution in [-0.2, 0) is 17.1 Å². The molecular formula is FeNaO4Si. The second-order valence-electron chi connectivity index (χ2n) is 0.500. The molecule has 0 unspecified atom stereocenters. The van der Waals surface area contributed by atoms with Gasteiger partial charge >= 0.3 is 46.6 Å². The van der Waals surface area contributed by atoms with Crippen LogP contribution in [0.1, 0.15) is 0 Å². The van der Waals surface area contributed by atoms with E-state index in [9.17, 15) is 0 Å². The van der Waals surface area contributed by atoms with Gasteiger partial charge in [-0.15, -0.1) is 0 Å². The molecule has 0 atom stereocenters. The standard InChI is InChI=1S/Fe.Na.O4Si/c;;1-5(2,3)4/q+3;+1;-4. The van der Waals surface area contributed by atoms with Gasteiger partial charge in [-0.1, -0.05) is 0 Å². The van der Waals surface area contributed by atoms with Crippen LogP contribution >= 0.6 is 0 Å². The summed E-state index contributed by atoms with van der Waals surface area (Å²) in [6.07, 6.45) is 0. The number of rotatable bonds is 0. The van der Waals surface area contributed by atoms with Crippen LogP contribution in [0.5, 0.6) is 0 Å². The molecule has 0 aliphatic rings. The average molecular weight is 171 g/mol. The quantitative estimate of drug-likeness (QED) is 0.338. The van der Waals surface area contributed by atoms with Crippen molar-refractivity contribution in [1.82, 2.24) is 0 Å². The molecule has 1 radical (unpaired) electrons. The van der Waals surface area contributed by atoms with E-state index in [1.165, 1.54) is 0 Å². The molecular weight excluding hydrogens is 171 g/mol. The Morgan fingerprint density at radius 1 is 0.857 bits per heavy atom. The Kier molecular flexibility index (Phi) is 12.9. The van der Waals surface area contributed by atoms with Crippen molar-refractivity contribution in [3.8, 4) is 0 Å². The van der Waals surface area contributed by atoms with Crippen molar-refractivity contribution in [1.29, 1.82) is 0 Å². The zero-order valence-electron chi connectivity index (χ0n) is 3.49. The summed E-state index contributed by atoms with van der Waals surface area (Å²) in [4.78, 5) is 34.3. The first-order chi connectivity index (χ1) is 2.00. The largest absolute Gasteiger partial charge is 3.00 e. The van der Waals surface area contributed by atoms with Crippen LogP contribution in [0, 0.1) is 0 Å². The topological polar surface area (TPSA) is 92.2 Å². The van der Waals surface area contributed by atoms with Crippen LogP contribution < -0.4 is 48.7 Å². The fourth-order valence-electron chi connectivity index (χ4n) is 0. The molecule has 0 saturated carbocycles. The molecule has 0 aromatic carbocycles. The smallest absolute Gasteiger partial charge is 0.894 e. The van der Waals surface area contributed by atoms with Gasteiger partial charge in [0.25, 0.3) is 0 Å². The Bertz CT molecular complexity index is 27.2. The van der Waals surface area contributed by atoms with E-state index in [-0.39, 0.29) is 46.6 Å². The second kappa shape index (κ2) is 5.71. The molecule has 0 heterocycles. The molecule has 7 heavy (non-hydrogen) atoms. The Morgan fingerprint density at radius 2 is 0.857 bits per heavy atom. The van der Waals surface area contributed by atoms with Gasteiger partial charge in [-0.2, -0.15) is 0 Å². The Labute approximate surface area is 74.4 Å². The summed E-state index contributed by atoms with van der Waals surface area (Å²) < 4.78 is 0. The van der Waals surface area contributed by atoms with E-state index in [1.54, 1.807) is 0 Å². The molecule has 0 N–H and O–H groups in total. The maximum absolute atomic E-state index is 8.58. The molecule has 0 bridgehead atoms. The Morgan fingerprint density at radius 3 is 0.857 bits per heavy atom. The molecule has 0 fully saturated rings. The zero-order valence-corrected chi connectivity index (χ0v) is 7.59. The molecule has 37 valence electrons. The molecule has 0 rings (SSSR count). The van der Waals surface area contributed by atoms with Crippen LogP contribution in [0.25, 0.3) is 0 Å². The predicted octanol–water partition coefficient (Wildman–Crippen LogP) is -8.14. The van der Waals surface area contributed by atoms with E-state index in [0.29, 0.717) is 0 Å². The summed E-state index contributed by atoms with van der Waals surface area (Å²) in [7, 11) is -5.61. The van der Waals surface area contributed by atoms with Crippen molar-refractivity contribution in [2.75, 3.05) is 0 Å². The molecule has 0 aliphatic heterocycles. The van der Waals surface area contributed by atoms with Gasteiger partial charge in [-0.05, 0) is 0 Å². The van der Waals surface area contributed by atoms with E-state index in [4.69, 9.17) is 19.2 Å². The number of hydrogen-bond acceptors (Lipinski definition) is 4. The molecule has 0 aromatic rings. The molecule has 0 amide bonds. The van der Waals surface area contributed by atoms with Gasteiger partial charge in [-0.25, -0.2) is 0 Å². The van der Waals surface area contributed by atoms with Crippen molar-refractivity contribution in [2.24, 2.45) is 0 Å². The normalized spacial score (nSPS) is 8.57. The SMILES string of the molecule is [Fe+3].[Na+].[O-][Si]([O-])([O-])[O-]. The van der Waals surface area contributed by atoms with Crippen molar-refractivity contribution in [2.45, 2.75) is 0 Å². The van der Waals surface area contributed by atoms with Gasteiger partial charge in [0.15, 0.2) is 0 Å². The van der Waals surface area contributed by atoms with Crippen molar-refractivity contribution in [3.63, 3.8) is 0 Å². The molecule has 7 heteroatoms. The van der Waals surface area contributed by atoms with Crippen molar-refractivity contribution < 1.29 is 65.8 Å². The van der Waals surface area contributed by atoms with Crippen molar-refractivity contribution in [3.05, 3.63) is 0 Å². The molecule has 4 nitrogen and oxygen atoms in total. The minimum atomic E-state index is -5.61. The van der Waals surface area contributed by atoms with Gasteiger partial charge in [0, 0.05) is 0 Å². The first-order valence-electron chi connectivity index (χ1n) is 0.816. The van der Waals surface area contributed by atoms with Crippen LogP contribution in [0.2, 0.25) is 0 Å². The fraction of sp³-hybridized carbons (Fsp3) is 0. The van der Waals surface area contributed by atoms with Gasteiger partial charge in [-0.3, -0.25) is 0 Å². The first kappa shape index (κ1) is 15.8. The third-order valence-electron chi connectivity index (χ3n) is 0. The summed E-state index contributed by atoms with van der Waals surface area (Å²) >= 11 is 0. The minimum Gasteiger partial charge on any atom is -0.894 e. The predicted molar refractivity (Wildman–Crippen MR) is 5.75 cm³/mol. The van der Waals surface area contributed by atoms with Gasteiger partial charge in [0.1, 0.15) is 0 Å². The van der Waals surface area contributed by atoms with Crippen LogP contribution in [0.4, 0.5) is 0 Å². The van der Waals surface area contributed by atoms with Crippen LogP contribution in [0.3, 0.4) is 0 Å². The van der Waals surface area contributed by atoms with Crippen molar-refractivity contribution >= 4 is 9.05 Å². The zero-order chi connectivity index (χ0) is 4.50. The molecule has 0 saturated heterocycles. The van der Waals surface area contributed by atoms with Gasteiger partial charge in [0.05, 0.1) is 0 Å². The van der Waals surface area contributed by atoms with Crippen LogP contribution in [-0.4, -0.2) is 9.05 Å². The van der Waals surface area contributed by atoms with E-state index in [2.05, 4.69) is 0 Å². The Hall–Kier alpha value is 1.58. The monoisotopic (exact) mass is 171 g/mol. The van der Waals surface area contributed by atoms with Crippen LogP contribution in [0.15, 0.2) is 0 Å². The first-order valence-corrected chi connectivity index (χ1v) is 2.45. The maximum Gasteiger partial charge on any atom is 3.00 e. The van der Waals surface area contributed by atoms with Gasteiger partial charge in [0.2, 0.25) is 0 Å². The summed E-state index contributed by atoms with van der Waals surface area (Å²) in [5, 5.41) is 0. The summed E-state index contributed by atoms with van der Waals surface area (Å²) in [6.45, 7) is 0.